The van der Waals surface area contributed by atoms with Gasteiger partial charge in [0.05, 0.1) is 0 Å². The van der Waals surface area contributed by atoms with Gasteiger partial charge in [-0.25, -0.2) is 0 Å². The molecule has 3 atom stereocenters. The van der Waals surface area contributed by atoms with Crippen LogP contribution in [0.2, 0.25) is 0 Å². The van der Waals surface area contributed by atoms with Gasteiger partial charge in [-0.2, -0.15) is 0 Å². The standard InChI is InChI=1S/C14H23N3O4S/c1-8(7-22-9(2)18)14(21)17-10(12(19)15-3)5-6-11(17)13(20)16-4/h8,10-11H,5-7H2,1-4H3,(H,15,19)(H,16,20)/t8?,10-,11-/m0/s1. The van der Waals surface area contributed by atoms with Gasteiger partial charge in [-0.05, 0) is 12.8 Å². The number of thioether (sulfide) groups is 1. The normalized spacial score (nSPS) is 22.1. The predicted molar refractivity (Wildman–Crippen MR) is 84.1 cm³/mol. The third-order valence-corrected chi connectivity index (χ3v) is 4.77. The lowest BCUT2D eigenvalue weighted by Gasteiger charge is -2.30. The molecule has 0 aromatic rings. The number of likely N-dealkylation sites (tertiary alicyclic amines) is 1. The molecule has 1 rings (SSSR count). The Kier molecular flexibility index (Phi) is 6.86. The van der Waals surface area contributed by atoms with Crippen LogP contribution < -0.4 is 10.6 Å². The second-order valence-corrected chi connectivity index (χ2v) is 6.48. The summed E-state index contributed by atoms with van der Waals surface area (Å²) < 4.78 is 0. The minimum Gasteiger partial charge on any atom is -0.357 e. The van der Waals surface area contributed by atoms with Crippen molar-refractivity contribution in [3.63, 3.8) is 0 Å². The van der Waals surface area contributed by atoms with Gasteiger partial charge < -0.3 is 15.5 Å². The van der Waals surface area contributed by atoms with Crippen LogP contribution >= 0.6 is 11.8 Å². The largest absolute Gasteiger partial charge is 0.357 e. The summed E-state index contributed by atoms with van der Waals surface area (Å²) >= 11 is 1.07. The Balaban J connectivity index is 2.93. The maximum Gasteiger partial charge on any atom is 0.242 e. The van der Waals surface area contributed by atoms with Crippen LogP contribution in [0.1, 0.15) is 26.7 Å². The van der Waals surface area contributed by atoms with E-state index in [0.29, 0.717) is 18.6 Å². The summed E-state index contributed by atoms with van der Waals surface area (Å²) in [4.78, 5) is 49.0. The van der Waals surface area contributed by atoms with E-state index < -0.39 is 18.0 Å². The van der Waals surface area contributed by atoms with Gasteiger partial charge in [0, 0.05) is 32.7 Å². The lowest BCUT2D eigenvalue weighted by molar-refractivity contribution is -0.146. The average Bonchev–Trinajstić information content (AvgIpc) is 2.94. The first-order valence-corrected chi connectivity index (χ1v) is 8.20. The summed E-state index contributed by atoms with van der Waals surface area (Å²) in [6, 6.07) is -1.27. The number of hydrogen-bond acceptors (Lipinski definition) is 5. The Morgan fingerprint density at radius 1 is 1.09 bits per heavy atom. The summed E-state index contributed by atoms with van der Waals surface area (Å²) in [7, 11) is 3.01. The van der Waals surface area contributed by atoms with Crippen LogP contribution in [0.5, 0.6) is 0 Å². The minimum absolute atomic E-state index is 0.0632. The first kappa shape index (κ1) is 18.5. The molecule has 0 saturated carbocycles. The Labute approximate surface area is 134 Å². The van der Waals surface area contributed by atoms with Crippen molar-refractivity contribution in [3.8, 4) is 0 Å². The Bertz CT molecular complexity index is 445. The number of nitrogens with one attached hydrogen (secondary N) is 2. The van der Waals surface area contributed by atoms with Crippen molar-refractivity contribution in [2.75, 3.05) is 19.8 Å². The van der Waals surface area contributed by atoms with Gasteiger partial charge in [0.15, 0.2) is 5.12 Å². The summed E-state index contributed by atoms with van der Waals surface area (Å²) in [5.74, 6) is -0.914. The zero-order valence-corrected chi connectivity index (χ0v) is 14.2. The van der Waals surface area contributed by atoms with E-state index in [4.69, 9.17) is 0 Å². The quantitative estimate of drug-likeness (QED) is 0.725. The summed E-state index contributed by atoms with van der Waals surface area (Å²) in [5.41, 5.74) is 0. The van der Waals surface area contributed by atoms with Crippen molar-refractivity contribution in [2.45, 2.75) is 38.8 Å². The fourth-order valence-electron chi connectivity index (χ4n) is 2.53. The molecule has 7 nitrogen and oxygen atoms in total. The van der Waals surface area contributed by atoms with E-state index in [1.165, 1.54) is 25.9 Å². The lowest BCUT2D eigenvalue weighted by atomic mass is 10.1. The molecule has 0 bridgehead atoms. The SMILES string of the molecule is CNC(=O)[C@@H]1CC[C@@H](C(=O)NC)N1C(=O)C(C)CSC(C)=O. The van der Waals surface area contributed by atoms with Gasteiger partial charge >= 0.3 is 0 Å². The maximum absolute atomic E-state index is 12.7. The molecule has 0 radical (unpaired) electrons. The van der Waals surface area contributed by atoms with Crippen LogP contribution in [-0.4, -0.2) is 59.7 Å². The van der Waals surface area contributed by atoms with Gasteiger partial charge in [0.1, 0.15) is 12.1 Å². The average molecular weight is 329 g/mol. The van der Waals surface area contributed by atoms with Gasteiger partial charge in [-0.15, -0.1) is 0 Å². The molecule has 0 spiro atoms. The molecule has 22 heavy (non-hydrogen) atoms. The molecule has 2 N–H and O–H groups in total. The zero-order chi connectivity index (χ0) is 16.9. The molecule has 1 unspecified atom stereocenters. The summed E-state index contributed by atoms with van der Waals surface area (Å²) in [6.45, 7) is 3.15. The van der Waals surface area contributed by atoms with E-state index in [1.54, 1.807) is 6.92 Å². The predicted octanol–water partition coefficient (Wildman–Crippen LogP) is -0.246. The molecule has 3 amide bonds. The first-order valence-electron chi connectivity index (χ1n) is 7.22. The summed E-state index contributed by atoms with van der Waals surface area (Å²) in [6.07, 6.45) is 0.909. The molecule has 1 aliphatic rings. The van der Waals surface area contributed by atoms with Crippen molar-refractivity contribution >= 4 is 34.6 Å². The van der Waals surface area contributed by atoms with Crippen LogP contribution in [0, 0.1) is 5.92 Å². The van der Waals surface area contributed by atoms with Crippen molar-refractivity contribution < 1.29 is 19.2 Å². The number of carbonyl (C=O) groups excluding carboxylic acids is 4. The highest BCUT2D eigenvalue weighted by atomic mass is 32.2. The highest BCUT2D eigenvalue weighted by Gasteiger charge is 2.44. The molecular formula is C14H23N3O4S. The highest BCUT2D eigenvalue weighted by Crippen LogP contribution is 2.27. The van der Waals surface area contributed by atoms with E-state index in [-0.39, 0.29) is 22.8 Å². The number of likely N-dealkylation sites (N-methyl/N-ethyl adjacent to an activating group) is 2. The molecular weight excluding hydrogens is 306 g/mol. The molecule has 1 aliphatic heterocycles. The van der Waals surface area contributed by atoms with E-state index in [2.05, 4.69) is 10.6 Å². The summed E-state index contributed by atoms with van der Waals surface area (Å²) in [5, 5.41) is 5.01. The van der Waals surface area contributed by atoms with E-state index in [9.17, 15) is 19.2 Å². The van der Waals surface area contributed by atoms with Crippen LogP contribution in [-0.2, 0) is 19.2 Å². The van der Waals surface area contributed by atoms with E-state index in [1.807, 2.05) is 0 Å². The molecule has 8 heteroatoms. The van der Waals surface area contributed by atoms with Crippen LogP contribution in [0.4, 0.5) is 0 Å². The van der Waals surface area contributed by atoms with Crippen molar-refractivity contribution in [3.05, 3.63) is 0 Å². The highest BCUT2D eigenvalue weighted by molar-refractivity contribution is 8.13. The molecule has 0 aromatic heterocycles. The van der Waals surface area contributed by atoms with Crippen molar-refractivity contribution in [1.29, 1.82) is 0 Å². The number of hydrogen-bond donors (Lipinski definition) is 2. The second-order valence-electron chi connectivity index (χ2n) is 5.29. The minimum atomic E-state index is -0.635. The van der Waals surface area contributed by atoms with Crippen LogP contribution in [0.3, 0.4) is 0 Å². The van der Waals surface area contributed by atoms with E-state index >= 15 is 0 Å². The number of carbonyl (C=O) groups is 4. The molecule has 1 fully saturated rings. The number of rotatable bonds is 5. The Morgan fingerprint density at radius 2 is 1.55 bits per heavy atom. The molecule has 1 saturated heterocycles. The van der Waals surface area contributed by atoms with Crippen LogP contribution in [0.25, 0.3) is 0 Å². The van der Waals surface area contributed by atoms with Gasteiger partial charge in [0.2, 0.25) is 17.7 Å². The fourth-order valence-corrected chi connectivity index (χ4v) is 3.16. The Hall–Kier alpha value is -1.57. The van der Waals surface area contributed by atoms with Gasteiger partial charge in [0.25, 0.3) is 0 Å². The monoisotopic (exact) mass is 329 g/mol. The molecule has 1 heterocycles. The topological polar surface area (TPSA) is 95.6 Å². The molecule has 0 aliphatic carbocycles. The second kappa shape index (κ2) is 8.17. The van der Waals surface area contributed by atoms with Crippen molar-refractivity contribution in [2.24, 2.45) is 5.92 Å². The van der Waals surface area contributed by atoms with Gasteiger partial charge in [-0.1, -0.05) is 18.7 Å². The third kappa shape index (κ3) is 4.22. The molecule has 0 aromatic carbocycles. The fraction of sp³-hybridized carbons (Fsp3) is 0.714. The van der Waals surface area contributed by atoms with Gasteiger partial charge in [-0.3, -0.25) is 19.2 Å². The van der Waals surface area contributed by atoms with E-state index in [0.717, 1.165) is 11.8 Å². The maximum atomic E-state index is 12.7. The number of amides is 3. The van der Waals surface area contributed by atoms with Crippen LogP contribution in [0.15, 0.2) is 0 Å². The smallest absolute Gasteiger partial charge is 0.242 e. The van der Waals surface area contributed by atoms with Crippen molar-refractivity contribution in [1.82, 2.24) is 15.5 Å². The third-order valence-electron chi connectivity index (χ3n) is 3.70. The zero-order valence-electron chi connectivity index (χ0n) is 13.3. The Morgan fingerprint density at radius 3 is 1.91 bits per heavy atom. The molecule has 124 valence electrons. The lowest BCUT2D eigenvalue weighted by Crippen LogP contribution is -2.54. The number of nitrogens with zero attached hydrogens (tertiary/aromatic N) is 1. The first-order chi connectivity index (χ1) is 10.3.